The van der Waals surface area contributed by atoms with Gasteiger partial charge in [0.15, 0.2) is 0 Å². The predicted molar refractivity (Wildman–Crippen MR) is 110 cm³/mol. The number of amides is 3. The van der Waals surface area contributed by atoms with E-state index in [1.54, 1.807) is 35.4 Å². The Kier molecular flexibility index (Phi) is 6.22. The number of carbonyl (C=O) groups is 2. The zero-order valence-corrected chi connectivity index (χ0v) is 15.8. The molecule has 1 aromatic heterocycles. The molecule has 2 N–H and O–H groups in total. The van der Waals surface area contributed by atoms with Gasteiger partial charge in [-0.3, -0.25) is 4.79 Å². The molecule has 6 heteroatoms. The number of rotatable bonds is 6. The van der Waals surface area contributed by atoms with Crippen molar-refractivity contribution in [2.24, 2.45) is 0 Å². The van der Waals surface area contributed by atoms with Crippen molar-refractivity contribution in [3.05, 3.63) is 82.6 Å². The monoisotopic (exact) mass is 379 g/mol. The van der Waals surface area contributed by atoms with Crippen molar-refractivity contribution in [3.63, 3.8) is 0 Å². The van der Waals surface area contributed by atoms with Gasteiger partial charge in [-0.15, -0.1) is 11.3 Å². The van der Waals surface area contributed by atoms with Gasteiger partial charge in [0.05, 0.1) is 13.0 Å². The van der Waals surface area contributed by atoms with Gasteiger partial charge in [-0.05, 0) is 41.3 Å². The van der Waals surface area contributed by atoms with Gasteiger partial charge in [0.1, 0.15) is 0 Å². The molecule has 1 heterocycles. The summed E-state index contributed by atoms with van der Waals surface area (Å²) in [5.74, 6) is 0.00981. The first-order valence-electron chi connectivity index (χ1n) is 8.59. The number of hydrogen-bond acceptors (Lipinski definition) is 3. The summed E-state index contributed by atoms with van der Waals surface area (Å²) in [4.78, 5) is 27.1. The Hall–Kier alpha value is -3.12. The zero-order chi connectivity index (χ0) is 19.1. The molecule has 0 saturated carbocycles. The summed E-state index contributed by atoms with van der Waals surface area (Å²) in [7, 11) is 1.77. The first-order chi connectivity index (χ1) is 13.1. The van der Waals surface area contributed by atoms with Crippen molar-refractivity contribution in [2.45, 2.75) is 13.0 Å². The lowest BCUT2D eigenvalue weighted by molar-refractivity contribution is -0.117. The van der Waals surface area contributed by atoms with Gasteiger partial charge >= 0.3 is 6.03 Å². The van der Waals surface area contributed by atoms with Crippen LogP contribution in [-0.2, 0) is 17.8 Å². The lowest BCUT2D eigenvalue weighted by atomic mass is 10.1. The van der Waals surface area contributed by atoms with Crippen LogP contribution in [0.3, 0.4) is 0 Å². The van der Waals surface area contributed by atoms with Gasteiger partial charge in [0, 0.05) is 23.3 Å². The largest absolute Gasteiger partial charge is 0.333 e. The van der Waals surface area contributed by atoms with E-state index < -0.39 is 0 Å². The van der Waals surface area contributed by atoms with Crippen LogP contribution in [-0.4, -0.2) is 19.0 Å². The average molecular weight is 379 g/mol. The van der Waals surface area contributed by atoms with Crippen LogP contribution in [0, 0.1) is 0 Å². The summed E-state index contributed by atoms with van der Waals surface area (Å²) >= 11 is 1.60. The third-order valence-electron chi connectivity index (χ3n) is 4.09. The summed E-state index contributed by atoms with van der Waals surface area (Å²) in [5.41, 5.74) is 2.45. The van der Waals surface area contributed by atoms with Crippen molar-refractivity contribution >= 4 is 34.6 Å². The highest BCUT2D eigenvalue weighted by Gasteiger charge is 2.11. The number of nitrogens with zero attached hydrogens (tertiary/aromatic N) is 1. The molecule has 0 spiro atoms. The first kappa shape index (κ1) is 18.7. The van der Waals surface area contributed by atoms with Crippen LogP contribution in [0.4, 0.5) is 16.2 Å². The summed E-state index contributed by atoms with van der Waals surface area (Å²) in [6.07, 6.45) is 0.302. The minimum Gasteiger partial charge on any atom is -0.333 e. The molecular weight excluding hydrogens is 358 g/mol. The third kappa shape index (κ3) is 5.43. The number of para-hydroxylation sites is 1. The van der Waals surface area contributed by atoms with E-state index in [-0.39, 0.29) is 11.9 Å². The smallest absolute Gasteiger partial charge is 0.319 e. The second kappa shape index (κ2) is 9.00. The fourth-order valence-electron chi connectivity index (χ4n) is 2.55. The standard InChI is InChI=1S/C21H21N3O2S/c1-24(18-6-3-2-4-7-18)20(25)14-16-9-11-17(12-10-16)23-21(26)22-15-19-8-5-13-27-19/h2-13H,14-15H2,1H3,(H2,22,23,26). The lowest BCUT2D eigenvalue weighted by Crippen LogP contribution is -2.28. The second-order valence-electron chi connectivity index (χ2n) is 6.05. The Balaban J connectivity index is 1.50. The van der Waals surface area contributed by atoms with Crippen LogP contribution in [0.1, 0.15) is 10.4 Å². The number of carbonyl (C=O) groups excluding carboxylic acids is 2. The number of anilines is 2. The van der Waals surface area contributed by atoms with E-state index in [0.29, 0.717) is 18.7 Å². The van der Waals surface area contributed by atoms with Crippen molar-refractivity contribution in [3.8, 4) is 0 Å². The number of likely N-dealkylation sites (N-methyl/N-ethyl adjacent to an activating group) is 1. The highest BCUT2D eigenvalue weighted by atomic mass is 32.1. The van der Waals surface area contributed by atoms with E-state index in [1.807, 2.05) is 60.0 Å². The molecule has 3 rings (SSSR count). The van der Waals surface area contributed by atoms with Crippen LogP contribution in [0.25, 0.3) is 0 Å². The first-order valence-corrected chi connectivity index (χ1v) is 9.47. The molecule has 0 aliphatic rings. The van der Waals surface area contributed by atoms with Crippen LogP contribution < -0.4 is 15.5 Å². The molecule has 5 nitrogen and oxygen atoms in total. The molecule has 0 radical (unpaired) electrons. The van der Waals surface area contributed by atoms with E-state index >= 15 is 0 Å². The molecule has 138 valence electrons. The van der Waals surface area contributed by atoms with E-state index in [0.717, 1.165) is 16.1 Å². The number of hydrogen-bond donors (Lipinski definition) is 2. The minimum absolute atomic E-state index is 0.00981. The summed E-state index contributed by atoms with van der Waals surface area (Å²) < 4.78 is 0. The highest BCUT2D eigenvalue weighted by molar-refractivity contribution is 7.09. The van der Waals surface area contributed by atoms with Crippen molar-refractivity contribution < 1.29 is 9.59 Å². The molecule has 27 heavy (non-hydrogen) atoms. The molecule has 0 aliphatic carbocycles. The Bertz CT molecular complexity index is 878. The number of nitrogens with one attached hydrogen (secondary N) is 2. The van der Waals surface area contributed by atoms with Crippen LogP contribution in [0.15, 0.2) is 72.1 Å². The molecule has 0 fully saturated rings. The van der Waals surface area contributed by atoms with E-state index in [4.69, 9.17) is 0 Å². The molecule has 3 aromatic rings. The van der Waals surface area contributed by atoms with Crippen molar-refractivity contribution in [2.75, 3.05) is 17.3 Å². The Labute approximate surface area is 162 Å². The zero-order valence-electron chi connectivity index (χ0n) is 15.0. The maximum Gasteiger partial charge on any atom is 0.319 e. The number of benzene rings is 2. The average Bonchev–Trinajstić information content (AvgIpc) is 3.21. The maximum atomic E-state index is 12.4. The van der Waals surface area contributed by atoms with Gasteiger partial charge in [0.2, 0.25) is 5.91 Å². The molecule has 0 unspecified atom stereocenters. The maximum absolute atomic E-state index is 12.4. The van der Waals surface area contributed by atoms with Crippen molar-refractivity contribution in [1.29, 1.82) is 0 Å². The quantitative estimate of drug-likeness (QED) is 0.672. The van der Waals surface area contributed by atoms with Gasteiger partial charge in [-0.2, -0.15) is 0 Å². The van der Waals surface area contributed by atoms with Crippen molar-refractivity contribution in [1.82, 2.24) is 5.32 Å². The third-order valence-corrected chi connectivity index (χ3v) is 4.96. The SMILES string of the molecule is CN(C(=O)Cc1ccc(NC(=O)NCc2cccs2)cc1)c1ccccc1. The second-order valence-corrected chi connectivity index (χ2v) is 7.08. The fourth-order valence-corrected chi connectivity index (χ4v) is 3.20. The molecule has 0 bridgehead atoms. The Morgan fingerprint density at radius 2 is 1.70 bits per heavy atom. The summed E-state index contributed by atoms with van der Waals surface area (Å²) in [5, 5.41) is 7.58. The minimum atomic E-state index is -0.254. The number of thiophene rings is 1. The topological polar surface area (TPSA) is 61.4 Å². The summed E-state index contributed by atoms with van der Waals surface area (Å²) in [6.45, 7) is 0.502. The van der Waals surface area contributed by atoms with Gasteiger partial charge in [-0.25, -0.2) is 4.79 Å². The van der Waals surface area contributed by atoms with Gasteiger partial charge in [-0.1, -0.05) is 36.4 Å². The molecule has 3 amide bonds. The van der Waals surface area contributed by atoms with Gasteiger partial charge in [0.25, 0.3) is 0 Å². The molecule has 0 aliphatic heterocycles. The number of urea groups is 1. The lowest BCUT2D eigenvalue weighted by Gasteiger charge is -2.17. The van der Waals surface area contributed by atoms with E-state index in [9.17, 15) is 9.59 Å². The fraction of sp³-hybridized carbons (Fsp3) is 0.143. The molecule has 0 saturated heterocycles. The Morgan fingerprint density at radius 3 is 2.37 bits per heavy atom. The normalized spacial score (nSPS) is 10.3. The predicted octanol–water partition coefficient (Wildman–Crippen LogP) is 4.28. The van der Waals surface area contributed by atoms with E-state index in [1.165, 1.54) is 0 Å². The molecule has 0 atom stereocenters. The van der Waals surface area contributed by atoms with Crippen LogP contribution in [0.5, 0.6) is 0 Å². The summed E-state index contributed by atoms with van der Waals surface area (Å²) in [6, 6.07) is 20.5. The Morgan fingerprint density at radius 1 is 0.963 bits per heavy atom. The van der Waals surface area contributed by atoms with Gasteiger partial charge < -0.3 is 15.5 Å². The molecule has 2 aromatic carbocycles. The van der Waals surface area contributed by atoms with E-state index in [2.05, 4.69) is 10.6 Å². The molecular formula is C21H21N3O2S. The highest BCUT2D eigenvalue weighted by Crippen LogP contribution is 2.15. The van der Waals surface area contributed by atoms with Crippen LogP contribution in [0.2, 0.25) is 0 Å². The van der Waals surface area contributed by atoms with Crippen LogP contribution >= 0.6 is 11.3 Å².